The zero-order valence-electron chi connectivity index (χ0n) is 21.3. The number of halogens is 1. The number of thiazole rings is 1. The molecule has 1 aliphatic rings. The summed E-state index contributed by atoms with van der Waals surface area (Å²) in [6.07, 6.45) is 1.44. The molecule has 0 spiro atoms. The Hall–Kier alpha value is -4.51. The first-order valence-corrected chi connectivity index (χ1v) is 12.8. The highest BCUT2D eigenvalue weighted by Crippen LogP contribution is 2.44. The summed E-state index contributed by atoms with van der Waals surface area (Å²) < 4.78 is 36.2. The molecule has 1 unspecified atom stereocenters. The lowest BCUT2D eigenvalue weighted by molar-refractivity contribution is 0.0554. The molecule has 0 aliphatic carbocycles. The number of amides is 1. The van der Waals surface area contributed by atoms with Crippen molar-refractivity contribution in [3.8, 4) is 11.5 Å². The van der Waals surface area contributed by atoms with Gasteiger partial charge < -0.3 is 18.6 Å². The van der Waals surface area contributed by atoms with Crippen LogP contribution >= 0.6 is 11.3 Å². The molecule has 4 aromatic rings. The van der Waals surface area contributed by atoms with E-state index in [9.17, 15) is 18.8 Å². The number of nitrogens with zero attached hydrogens (tertiary/aromatic N) is 2. The minimum atomic E-state index is -1.01. The molecule has 0 bridgehead atoms. The van der Waals surface area contributed by atoms with E-state index >= 15 is 0 Å². The van der Waals surface area contributed by atoms with Gasteiger partial charge in [-0.05, 0) is 49.7 Å². The molecule has 3 heterocycles. The number of fused-ring (bicyclic) bond motifs is 2. The SMILES string of the molecule is C=CCOC(=O)c1sc(N2C(=O)c3oc4ccc(F)cc4c(=O)c3C2c2ccc(OCC)c(OC)c2)nc1C. The van der Waals surface area contributed by atoms with Crippen LogP contribution in [0.25, 0.3) is 11.0 Å². The fourth-order valence-electron chi connectivity index (χ4n) is 4.46. The van der Waals surface area contributed by atoms with Crippen LogP contribution in [0.5, 0.6) is 11.5 Å². The van der Waals surface area contributed by atoms with E-state index in [-0.39, 0.29) is 38.9 Å². The van der Waals surface area contributed by atoms with Crippen LogP contribution < -0.4 is 19.8 Å². The second kappa shape index (κ2) is 10.3. The Morgan fingerprint density at radius 3 is 2.74 bits per heavy atom. The van der Waals surface area contributed by atoms with Crippen molar-refractivity contribution in [2.45, 2.75) is 19.9 Å². The van der Waals surface area contributed by atoms with Gasteiger partial charge in [0.05, 0.1) is 36.4 Å². The molecule has 0 fully saturated rings. The number of ether oxygens (including phenoxy) is 3. The van der Waals surface area contributed by atoms with E-state index in [0.717, 1.165) is 23.5 Å². The van der Waals surface area contributed by atoms with E-state index in [1.807, 2.05) is 6.92 Å². The fraction of sp³-hybridized carbons (Fsp3) is 0.214. The summed E-state index contributed by atoms with van der Waals surface area (Å²) >= 11 is 0.947. The molecular formula is C28H23FN2O7S. The fourth-order valence-corrected chi connectivity index (χ4v) is 5.45. The molecule has 1 atom stereocenters. The van der Waals surface area contributed by atoms with Crippen LogP contribution in [0.2, 0.25) is 0 Å². The van der Waals surface area contributed by atoms with Gasteiger partial charge in [0.15, 0.2) is 22.1 Å². The number of benzene rings is 2. The minimum Gasteiger partial charge on any atom is -0.493 e. The number of carbonyl (C=O) groups is 2. The van der Waals surface area contributed by atoms with E-state index < -0.39 is 29.2 Å². The molecule has 5 rings (SSSR count). The summed E-state index contributed by atoms with van der Waals surface area (Å²) in [5.41, 5.74) is 0.380. The van der Waals surface area contributed by atoms with Crippen molar-refractivity contribution in [3.63, 3.8) is 0 Å². The van der Waals surface area contributed by atoms with Crippen molar-refractivity contribution in [2.24, 2.45) is 0 Å². The summed E-state index contributed by atoms with van der Waals surface area (Å²) in [4.78, 5) is 46.1. The number of rotatable bonds is 8. The van der Waals surface area contributed by atoms with Crippen molar-refractivity contribution < 1.29 is 32.6 Å². The largest absolute Gasteiger partial charge is 0.493 e. The number of methoxy groups -OCH3 is 1. The van der Waals surface area contributed by atoms with Gasteiger partial charge in [-0.1, -0.05) is 30.1 Å². The first-order valence-electron chi connectivity index (χ1n) is 11.9. The quantitative estimate of drug-likeness (QED) is 0.218. The Labute approximate surface area is 226 Å². The van der Waals surface area contributed by atoms with Crippen LogP contribution in [0.1, 0.15) is 50.0 Å². The lowest BCUT2D eigenvalue weighted by Gasteiger charge is -2.23. The molecule has 0 N–H and O–H groups in total. The molecular weight excluding hydrogens is 527 g/mol. The number of aromatic nitrogens is 1. The van der Waals surface area contributed by atoms with Crippen molar-refractivity contribution in [1.29, 1.82) is 0 Å². The third kappa shape index (κ3) is 4.44. The summed E-state index contributed by atoms with van der Waals surface area (Å²) in [7, 11) is 1.48. The second-order valence-corrected chi connectivity index (χ2v) is 9.51. The smallest absolute Gasteiger partial charge is 0.350 e. The number of hydrogen-bond donors (Lipinski definition) is 0. The van der Waals surface area contributed by atoms with Gasteiger partial charge in [0.2, 0.25) is 5.76 Å². The average Bonchev–Trinajstić information content (AvgIpc) is 3.45. The number of aryl methyl sites for hydroxylation is 1. The second-order valence-electron chi connectivity index (χ2n) is 8.53. The van der Waals surface area contributed by atoms with Gasteiger partial charge >= 0.3 is 5.97 Å². The first kappa shape index (κ1) is 26.1. The molecule has 0 saturated heterocycles. The predicted molar refractivity (Wildman–Crippen MR) is 143 cm³/mol. The maximum absolute atomic E-state index is 14.1. The van der Waals surface area contributed by atoms with Crippen LogP contribution in [0.15, 0.2) is 58.3 Å². The third-order valence-corrected chi connectivity index (χ3v) is 7.28. The van der Waals surface area contributed by atoms with Crippen molar-refractivity contribution in [1.82, 2.24) is 4.98 Å². The van der Waals surface area contributed by atoms with Crippen molar-refractivity contribution in [2.75, 3.05) is 25.2 Å². The summed E-state index contributed by atoms with van der Waals surface area (Å²) in [6, 6.07) is 7.54. The molecule has 200 valence electrons. The van der Waals surface area contributed by atoms with E-state index in [1.165, 1.54) is 24.2 Å². The molecule has 2 aromatic carbocycles. The van der Waals surface area contributed by atoms with Gasteiger partial charge in [0, 0.05) is 0 Å². The molecule has 0 saturated carbocycles. The number of esters is 1. The summed E-state index contributed by atoms with van der Waals surface area (Å²) in [5, 5.41) is 0.150. The van der Waals surface area contributed by atoms with Gasteiger partial charge in [-0.3, -0.25) is 14.5 Å². The lowest BCUT2D eigenvalue weighted by atomic mass is 9.98. The Morgan fingerprint density at radius 1 is 1.23 bits per heavy atom. The Balaban J connectivity index is 1.73. The van der Waals surface area contributed by atoms with Gasteiger partial charge in [-0.25, -0.2) is 14.2 Å². The van der Waals surface area contributed by atoms with Gasteiger partial charge in [-0.15, -0.1) is 0 Å². The predicted octanol–water partition coefficient (Wildman–Crippen LogP) is 5.20. The maximum Gasteiger partial charge on any atom is 0.350 e. The lowest BCUT2D eigenvalue weighted by Crippen LogP contribution is -2.29. The zero-order valence-corrected chi connectivity index (χ0v) is 22.1. The van der Waals surface area contributed by atoms with E-state index in [0.29, 0.717) is 29.4 Å². The maximum atomic E-state index is 14.1. The molecule has 11 heteroatoms. The highest BCUT2D eigenvalue weighted by atomic mass is 32.1. The molecule has 0 radical (unpaired) electrons. The van der Waals surface area contributed by atoms with Crippen molar-refractivity contribution in [3.05, 3.63) is 92.6 Å². The highest BCUT2D eigenvalue weighted by molar-refractivity contribution is 7.17. The van der Waals surface area contributed by atoms with Crippen LogP contribution in [-0.2, 0) is 4.74 Å². The number of hydrogen-bond acceptors (Lipinski definition) is 9. The van der Waals surface area contributed by atoms with Crippen LogP contribution in [0, 0.1) is 12.7 Å². The third-order valence-electron chi connectivity index (χ3n) is 6.14. The van der Waals surface area contributed by atoms with Gasteiger partial charge in [0.1, 0.15) is 22.9 Å². The van der Waals surface area contributed by atoms with Gasteiger partial charge in [-0.2, -0.15) is 0 Å². The summed E-state index contributed by atoms with van der Waals surface area (Å²) in [5.74, 6) is -1.20. The Bertz CT molecular complexity index is 1690. The Kier molecular flexibility index (Phi) is 6.92. The van der Waals surface area contributed by atoms with Crippen molar-refractivity contribution >= 4 is 39.3 Å². The van der Waals surface area contributed by atoms with Gasteiger partial charge in [0.25, 0.3) is 5.91 Å². The standard InChI is InChI=1S/C28H23FN2O7S/c1-5-11-37-27(34)25-14(3)30-28(39-25)31-22(15-7-9-19(36-6-2)20(12-15)35-4)21-23(32)17-13-16(29)8-10-18(17)38-24(21)26(31)33/h5,7-10,12-13,22H,1,6,11H2,2-4H3. The van der Waals surface area contributed by atoms with E-state index in [4.69, 9.17) is 18.6 Å². The first-order chi connectivity index (χ1) is 18.8. The topological polar surface area (TPSA) is 108 Å². The highest BCUT2D eigenvalue weighted by Gasteiger charge is 2.45. The molecule has 9 nitrogen and oxygen atoms in total. The number of carbonyl (C=O) groups excluding carboxylic acids is 2. The molecule has 1 aliphatic heterocycles. The summed E-state index contributed by atoms with van der Waals surface area (Å²) in [6.45, 7) is 7.40. The Morgan fingerprint density at radius 2 is 2.03 bits per heavy atom. The molecule has 39 heavy (non-hydrogen) atoms. The van der Waals surface area contributed by atoms with Crippen LogP contribution in [0.4, 0.5) is 9.52 Å². The number of anilines is 1. The zero-order chi connectivity index (χ0) is 27.8. The molecule has 1 amide bonds. The monoisotopic (exact) mass is 550 g/mol. The van der Waals surface area contributed by atoms with E-state index in [2.05, 4.69) is 11.6 Å². The van der Waals surface area contributed by atoms with Crippen LogP contribution in [-0.4, -0.2) is 37.2 Å². The molecule has 2 aromatic heterocycles. The van der Waals surface area contributed by atoms with Crippen LogP contribution in [0.3, 0.4) is 0 Å². The van der Waals surface area contributed by atoms with E-state index in [1.54, 1.807) is 25.1 Å². The average molecular weight is 551 g/mol. The normalized spacial score (nSPS) is 14.4. The minimum absolute atomic E-state index is 0.00434.